The summed E-state index contributed by atoms with van der Waals surface area (Å²) in [6, 6.07) is 11.7. The number of nitrogens with two attached hydrogens (primary N) is 1. The predicted molar refractivity (Wildman–Crippen MR) is 86.8 cm³/mol. The van der Waals surface area contributed by atoms with Crippen molar-refractivity contribution in [3.8, 4) is 17.0 Å². The molecule has 0 saturated carbocycles. The van der Waals surface area contributed by atoms with Crippen molar-refractivity contribution in [3.05, 3.63) is 42.1 Å². The van der Waals surface area contributed by atoms with Crippen molar-refractivity contribution in [2.24, 2.45) is 5.84 Å². The van der Waals surface area contributed by atoms with Gasteiger partial charge in [-0.1, -0.05) is 25.5 Å². The summed E-state index contributed by atoms with van der Waals surface area (Å²) in [5.41, 5.74) is 6.27. The van der Waals surface area contributed by atoms with Gasteiger partial charge in [0.1, 0.15) is 11.6 Å². The molecular formula is C16H19N5O. The number of rotatable bonds is 5. The fraction of sp³-hybridized carbons (Fsp3) is 0.250. The fourth-order valence-corrected chi connectivity index (χ4v) is 2.44. The molecule has 3 rings (SSSR count). The van der Waals surface area contributed by atoms with Crippen LogP contribution in [0, 0.1) is 0 Å². The number of nitrogens with one attached hydrogen (secondary N) is 1. The Bertz CT molecular complexity index is 796. The van der Waals surface area contributed by atoms with Gasteiger partial charge in [0.05, 0.1) is 12.8 Å². The Labute approximate surface area is 128 Å². The van der Waals surface area contributed by atoms with Gasteiger partial charge >= 0.3 is 0 Å². The third kappa shape index (κ3) is 2.60. The smallest absolute Gasteiger partial charge is 0.158 e. The van der Waals surface area contributed by atoms with Gasteiger partial charge in [-0.05, 0) is 18.6 Å². The van der Waals surface area contributed by atoms with Crippen LogP contribution in [0.2, 0.25) is 0 Å². The molecule has 2 aromatic heterocycles. The summed E-state index contributed by atoms with van der Waals surface area (Å²) >= 11 is 0. The van der Waals surface area contributed by atoms with Gasteiger partial charge in [-0.25, -0.2) is 10.8 Å². The lowest BCUT2D eigenvalue weighted by Crippen LogP contribution is -2.13. The molecule has 0 aliphatic carbocycles. The van der Waals surface area contributed by atoms with Gasteiger partial charge in [0, 0.05) is 23.4 Å². The highest BCUT2D eigenvalue weighted by Gasteiger charge is 2.10. The van der Waals surface area contributed by atoms with Crippen LogP contribution in [0.5, 0.6) is 5.75 Å². The maximum atomic E-state index is 5.62. The van der Waals surface area contributed by atoms with Crippen LogP contribution in [0.25, 0.3) is 16.9 Å². The van der Waals surface area contributed by atoms with Gasteiger partial charge < -0.3 is 10.2 Å². The molecule has 1 aromatic carbocycles. The van der Waals surface area contributed by atoms with E-state index >= 15 is 0 Å². The molecule has 3 aromatic rings. The topological polar surface area (TPSA) is 77.5 Å². The molecule has 0 atom stereocenters. The van der Waals surface area contributed by atoms with E-state index in [1.165, 1.54) is 0 Å². The van der Waals surface area contributed by atoms with E-state index in [2.05, 4.69) is 22.4 Å². The highest BCUT2D eigenvalue weighted by molar-refractivity contribution is 5.67. The highest BCUT2D eigenvalue weighted by Crippen LogP contribution is 2.25. The number of fused-ring (bicyclic) bond motifs is 1. The molecule has 0 unspecified atom stereocenters. The zero-order valence-electron chi connectivity index (χ0n) is 12.7. The molecule has 3 N–H and O–H groups in total. The van der Waals surface area contributed by atoms with E-state index < -0.39 is 0 Å². The summed E-state index contributed by atoms with van der Waals surface area (Å²) in [4.78, 5) is 4.64. The highest BCUT2D eigenvalue weighted by atomic mass is 16.5. The Morgan fingerprint density at radius 2 is 2.14 bits per heavy atom. The average molecular weight is 297 g/mol. The number of anilines is 1. The third-order valence-corrected chi connectivity index (χ3v) is 3.50. The number of aryl methyl sites for hydroxylation is 1. The molecule has 6 heteroatoms. The van der Waals surface area contributed by atoms with Crippen LogP contribution in [0.4, 0.5) is 5.82 Å². The number of hydrogen-bond acceptors (Lipinski definition) is 5. The minimum Gasteiger partial charge on any atom is -0.497 e. The summed E-state index contributed by atoms with van der Waals surface area (Å²) in [5.74, 6) is 7.14. The van der Waals surface area contributed by atoms with E-state index in [1.54, 1.807) is 11.6 Å². The van der Waals surface area contributed by atoms with Crippen LogP contribution in [0.15, 0.2) is 36.4 Å². The third-order valence-electron chi connectivity index (χ3n) is 3.50. The predicted octanol–water partition coefficient (Wildman–Crippen LogP) is 2.64. The summed E-state index contributed by atoms with van der Waals surface area (Å²) in [6.07, 6.45) is 1.94. The summed E-state index contributed by atoms with van der Waals surface area (Å²) in [6.45, 7) is 2.12. The maximum Gasteiger partial charge on any atom is 0.158 e. The van der Waals surface area contributed by atoms with E-state index in [9.17, 15) is 0 Å². The molecule has 0 aliphatic rings. The standard InChI is InChI=1S/C16H19N5O/c1-3-5-12-9-16(19-17)21-15(18-12)10-14(20-21)11-6-4-7-13(8-11)22-2/h4,6-10,19H,3,5,17H2,1-2H3. The molecule has 6 nitrogen and oxygen atoms in total. The molecule has 114 valence electrons. The first kappa shape index (κ1) is 14.3. The van der Waals surface area contributed by atoms with Gasteiger partial charge in [0.2, 0.25) is 0 Å². The molecule has 0 spiro atoms. The van der Waals surface area contributed by atoms with Crippen molar-refractivity contribution in [2.75, 3.05) is 12.5 Å². The second-order valence-corrected chi connectivity index (χ2v) is 5.06. The van der Waals surface area contributed by atoms with Crippen LogP contribution in [0.1, 0.15) is 19.0 Å². The van der Waals surface area contributed by atoms with Crippen LogP contribution in [-0.4, -0.2) is 21.7 Å². The van der Waals surface area contributed by atoms with Crippen molar-refractivity contribution in [2.45, 2.75) is 19.8 Å². The quantitative estimate of drug-likeness (QED) is 0.559. The van der Waals surface area contributed by atoms with Crippen molar-refractivity contribution in [1.82, 2.24) is 14.6 Å². The fourth-order valence-electron chi connectivity index (χ4n) is 2.44. The Balaban J connectivity index is 2.11. The van der Waals surface area contributed by atoms with Gasteiger partial charge in [-0.15, -0.1) is 0 Å². The number of benzene rings is 1. The van der Waals surface area contributed by atoms with E-state index in [4.69, 9.17) is 10.6 Å². The zero-order chi connectivity index (χ0) is 15.5. The summed E-state index contributed by atoms with van der Waals surface area (Å²) in [5, 5.41) is 4.59. The van der Waals surface area contributed by atoms with E-state index in [0.29, 0.717) is 0 Å². The first-order valence-corrected chi connectivity index (χ1v) is 7.26. The number of aromatic nitrogens is 3. The molecule has 22 heavy (non-hydrogen) atoms. The van der Waals surface area contributed by atoms with E-state index in [-0.39, 0.29) is 0 Å². The number of nitrogens with zero attached hydrogens (tertiary/aromatic N) is 3. The van der Waals surface area contributed by atoms with E-state index in [1.807, 2.05) is 36.4 Å². The Morgan fingerprint density at radius 3 is 2.86 bits per heavy atom. The normalized spacial score (nSPS) is 10.9. The zero-order valence-corrected chi connectivity index (χ0v) is 12.7. The maximum absolute atomic E-state index is 5.62. The van der Waals surface area contributed by atoms with Crippen molar-refractivity contribution < 1.29 is 4.74 Å². The van der Waals surface area contributed by atoms with Gasteiger partial charge in [0.15, 0.2) is 5.65 Å². The molecule has 0 saturated heterocycles. The first-order valence-electron chi connectivity index (χ1n) is 7.26. The second kappa shape index (κ2) is 6.03. The lowest BCUT2D eigenvalue weighted by atomic mass is 10.1. The average Bonchev–Trinajstić information content (AvgIpc) is 2.98. The van der Waals surface area contributed by atoms with Gasteiger partial charge in [0.25, 0.3) is 0 Å². The van der Waals surface area contributed by atoms with Crippen molar-refractivity contribution in [3.63, 3.8) is 0 Å². The van der Waals surface area contributed by atoms with Gasteiger partial charge in [-0.3, -0.25) is 0 Å². The number of hydrogen-bond donors (Lipinski definition) is 2. The number of ether oxygens (including phenoxy) is 1. The molecule has 0 radical (unpaired) electrons. The molecule has 2 heterocycles. The number of hydrazine groups is 1. The number of methoxy groups -OCH3 is 1. The minimum absolute atomic E-state index is 0.725. The largest absolute Gasteiger partial charge is 0.497 e. The lowest BCUT2D eigenvalue weighted by Gasteiger charge is -2.06. The van der Waals surface area contributed by atoms with E-state index in [0.717, 1.165) is 47.0 Å². The van der Waals surface area contributed by atoms with Crippen molar-refractivity contribution >= 4 is 11.5 Å². The molecule has 0 bridgehead atoms. The first-order chi connectivity index (χ1) is 10.7. The monoisotopic (exact) mass is 297 g/mol. The molecule has 0 amide bonds. The minimum atomic E-state index is 0.725. The summed E-state index contributed by atoms with van der Waals surface area (Å²) < 4.78 is 6.98. The van der Waals surface area contributed by atoms with Crippen LogP contribution >= 0.6 is 0 Å². The lowest BCUT2D eigenvalue weighted by molar-refractivity contribution is 0.415. The SMILES string of the molecule is CCCc1cc(NN)n2nc(-c3cccc(OC)c3)cc2n1. The van der Waals surface area contributed by atoms with Crippen LogP contribution in [0.3, 0.4) is 0 Å². The molecule has 0 fully saturated rings. The Kier molecular flexibility index (Phi) is 3.93. The second-order valence-electron chi connectivity index (χ2n) is 5.06. The van der Waals surface area contributed by atoms with Gasteiger partial charge in [-0.2, -0.15) is 9.61 Å². The summed E-state index contributed by atoms with van der Waals surface area (Å²) in [7, 11) is 1.65. The van der Waals surface area contributed by atoms with Crippen LogP contribution in [-0.2, 0) is 6.42 Å². The number of nitrogen functional groups attached to an aromatic ring is 1. The molecular weight excluding hydrogens is 278 g/mol. The van der Waals surface area contributed by atoms with Crippen molar-refractivity contribution in [1.29, 1.82) is 0 Å². The Hall–Kier alpha value is -2.60. The molecule has 0 aliphatic heterocycles. The Morgan fingerprint density at radius 1 is 1.27 bits per heavy atom. The van der Waals surface area contributed by atoms with Crippen LogP contribution < -0.4 is 16.0 Å².